The van der Waals surface area contributed by atoms with Crippen molar-refractivity contribution in [3.05, 3.63) is 54.3 Å². The lowest BCUT2D eigenvalue weighted by atomic mass is 10.0. The van der Waals surface area contributed by atoms with Crippen LogP contribution in [0.15, 0.2) is 54.3 Å². The number of anilines is 1. The average Bonchev–Trinajstić information content (AvgIpc) is 2.45. The third-order valence-electron chi connectivity index (χ3n) is 2.87. The van der Waals surface area contributed by atoms with Gasteiger partial charge >= 0.3 is 0 Å². The zero-order valence-electron chi connectivity index (χ0n) is 11.4. The Bertz CT molecular complexity index is 471. The molecule has 0 N–H and O–H groups in total. The van der Waals surface area contributed by atoms with Crippen LogP contribution < -0.4 is 4.90 Å². The Morgan fingerprint density at radius 3 is 2.63 bits per heavy atom. The molecule has 3 heteroatoms. The van der Waals surface area contributed by atoms with Gasteiger partial charge in [0, 0.05) is 18.1 Å². The molecule has 0 aliphatic carbocycles. The minimum Gasteiger partial charge on any atom is -0.336 e. The number of para-hydroxylation sites is 1. The number of nitriles is 1. The number of benzene rings is 1. The van der Waals surface area contributed by atoms with Crippen LogP contribution in [0, 0.1) is 17.2 Å². The molecular formula is C16H19BrN2. The fourth-order valence-electron chi connectivity index (χ4n) is 1.83. The lowest BCUT2D eigenvalue weighted by molar-refractivity contribution is 0.777. The van der Waals surface area contributed by atoms with Crippen LogP contribution in [0.1, 0.15) is 13.3 Å². The van der Waals surface area contributed by atoms with E-state index in [0.717, 1.165) is 17.4 Å². The van der Waals surface area contributed by atoms with E-state index in [0.29, 0.717) is 5.70 Å². The first-order chi connectivity index (χ1) is 9.22. The molecule has 0 aromatic heterocycles. The molecule has 0 saturated heterocycles. The summed E-state index contributed by atoms with van der Waals surface area (Å²) in [4.78, 5) is 1.92. The smallest absolute Gasteiger partial charge is 0.117 e. The summed E-state index contributed by atoms with van der Waals surface area (Å²) >= 11 is 3.45. The zero-order valence-corrected chi connectivity index (χ0v) is 13.0. The number of nitrogens with zero attached hydrogens (tertiary/aromatic N) is 2. The van der Waals surface area contributed by atoms with Crippen LogP contribution in [0.5, 0.6) is 0 Å². The van der Waals surface area contributed by atoms with Crippen LogP contribution in [0.3, 0.4) is 0 Å². The first kappa shape index (κ1) is 15.5. The highest BCUT2D eigenvalue weighted by Gasteiger charge is 2.09. The first-order valence-corrected chi connectivity index (χ1v) is 7.44. The second-order valence-electron chi connectivity index (χ2n) is 4.23. The van der Waals surface area contributed by atoms with E-state index in [1.807, 2.05) is 61.4 Å². The Hall–Kier alpha value is -1.53. The van der Waals surface area contributed by atoms with Crippen molar-refractivity contribution in [3.8, 4) is 6.07 Å². The summed E-state index contributed by atoms with van der Waals surface area (Å²) in [6, 6.07) is 12.2. The topological polar surface area (TPSA) is 27.0 Å². The fraction of sp³-hybridized carbons (Fsp3) is 0.312. The molecule has 0 spiro atoms. The molecular weight excluding hydrogens is 300 g/mol. The van der Waals surface area contributed by atoms with Gasteiger partial charge in [-0.15, -0.1) is 0 Å². The van der Waals surface area contributed by atoms with Gasteiger partial charge in [-0.25, -0.2) is 0 Å². The van der Waals surface area contributed by atoms with Crippen molar-refractivity contribution in [2.45, 2.75) is 13.3 Å². The van der Waals surface area contributed by atoms with Crippen molar-refractivity contribution in [2.24, 2.45) is 5.92 Å². The zero-order chi connectivity index (χ0) is 14.1. The number of hydrogen-bond acceptors (Lipinski definition) is 2. The Kier molecular flexibility index (Phi) is 6.99. The molecule has 1 rings (SSSR count). The molecule has 1 aromatic carbocycles. The second-order valence-corrected chi connectivity index (χ2v) is 5.02. The highest BCUT2D eigenvalue weighted by molar-refractivity contribution is 9.09. The Morgan fingerprint density at radius 1 is 1.42 bits per heavy atom. The first-order valence-electron chi connectivity index (χ1n) is 6.32. The monoisotopic (exact) mass is 318 g/mol. The number of alkyl halides is 1. The largest absolute Gasteiger partial charge is 0.336 e. The van der Waals surface area contributed by atoms with Gasteiger partial charge in [0.25, 0.3) is 0 Å². The minimum atomic E-state index is 0.283. The maximum Gasteiger partial charge on any atom is 0.117 e. The van der Waals surface area contributed by atoms with Crippen molar-refractivity contribution in [2.75, 3.05) is 17.3 Å². The van der Waals surface area contributed by atoms with Crippen LogP contribution in [0.4, 0.5) is 5.69 Å². The molecule has 2 nitrogen and oxygen atoms in total. The number of hydrogen-bond donors (Lipinski definition) is 0. The summed E-state index contributed by atoms with van der Waals surface area (Å²) < 4.78 is 0. The highest BCUT2D eigenvalue weighted by atomic mass is 79.9. The number of halogens is 1. The van der Waals surface area contributed by atoms with Gasteiger partial charge in [0.15, 0.2) is 0 Å². The summed E-state index contributed by atoms with van der Waals surface area (Å²) in [7, 11) is 1.92. The van der Waals surface area contributed by atoms with E-state index in [2.05, 4.69) is 28.1 Å². The molecule has 0 radical (unpaired) electrons. The van der Waals surface area contributed by atoms with E-state index in [-0.39, 0.29) is 5.92 Å². The van der Waals surface area contributed by atoms with E-state index < -0.39 is 0 Å². The van der Waals surface area contributed by atoms with Gasteiger partial charge in [0.2, 0.25) is 0 Å². The summed E-state index contributed by atoms with van der Waals surface area (Å²) in [6.07, 6.45) is 7.16. The van der Waals surface area contributed by atoms with E-state index in [4.69, 9.17) is 0 Å². The SMILES string of the molecule is C/C=C/C(/C=C(\C#N)N(C)c1ccccc1)CCBr. The molecule has 0 saturated carbocycles. The van der Waals surface area contributed by atoms with Crippen LogP contribution in [-0.4, -0.2) is 12.4 Å². The predicted octanol–water partition coefficient (Wildman–Crippen LogP) is 4.51. The van der Waals surface area contributed by atoms with Crippen molar-refractivity contribution < 1.29 is 0 Å². The van der Waals surface area contributed by atoms with E-state index >= 15 is 0 Å². The van der Waals surface area contributed by atoms with Gasteiger partial charge < -0.3 is 4.90 Å². The number of allylic oxidation sites excluding steroid dienone is 4. The fourth-order valence-corrected chi connectivity index (χ4v) is 2.35. The maximum atomic E-state index is 9.35. The maximum absolute atomic E-state index is 9.35. The minimum absolute atomic E-state index is 0.283. The molecule has 1 atom stereocenters. The van der Waals surface area contributed by atoms with Gasteiger partial charge in [-0.1, -0.05) is 46.3 Å². The molecule has 19 heavy (non-hydrogen) atoms. The molecule has 0 aliphatic rings. The molecule has 0 bridgehead atoms. The predicted molar refractivity (Wildman–Crippen MR) is 85.3 cm³/mol. The van der Waals surface area contributed by atoms with Crippen molar-refractivity contribution in [3.63, 3.8) is 0 Å². The highest BCUT2D eigenvalue weighted by Crippen LogP contribution is 2.19. The summed E-state index contributed by atoms with van der Waals surface area (Å²) in [5.41, 5.74) is 1.70. The van der Waals surface area contributed by atoms with Crippen LogP contribution in [0.25, 0.3) is 0 Å². The summed E-state index contributed by atoms with van der Waals surface area (Å²) in [6.45, 7) is 2.00. The van der Waals surface area contributed by atoms with Crippen molar-refractivity contribution >= 4 is 21.6 Å². The van der Waals surface area contributed by atoms with Gasteiger partial charge in [0.05, 0.1) is 0 Å². The molecule has 0 heterocycles. The van der Waals surface area contributed by atoms with Crippen molar-refractivity contribution in [1.82, 2.24) is 0 Å². The Balaban J connectivity index is 2.96. The number of rotatable bonds is 6. The standard InChI is InChI=1S/C16H19BrN2/c1-3-7-14(10-11-17)12-16(13-18)19(2)15-8-5-4-6-9-15/h3-9,12,14H,10-11H2,1-2H3/b7-3+,16-12+. The molecule has 0 amide bonds. The molecule has 100 valence electrons. The van der Waals surface area contributed by atoms with Gasteiger partial charge in [-0.2, -0.15) is 5.26 Å². The van der Waals surface area contributed by atoms with Crippen LogP contribution in [-0.2, 0) is 0 Å². The third-order valence-corrected chi connectivity index (χ3v) is 3.33. The quantitative estimate of drug-likeness (QED) is 0.438. The Morgan fingerprint density at radius 2 is 2.11 bits per heavy atom. The van der Waals surface area contributed by atoms with Crippen molar-refractivity contribution in [1.29, 1.82) is 5.26 Å². The lowest BCUT2D eigenvalue weighted by Crippen LogP contribution is -2.16. The van der Waals surface area contributed by atoms with Crippen LogP contribution in [0.2, 0.25) is 0 Å². The molecule has 1 unspecified atom stereocenters. The van der Waals surface area contributed by atoms with Gasteiger partial charge in [-0.05, 0) is 37.5 Å². The summed E-state index contributed by atoms with van der Waals surface area (Å²) in [5, 5.41) is 10.3. The summed E-state index contributed by atoms with van der Waals surface area (Å²) in [5.74, 6) is 0.283. The van der Waals surface area contributed by atoms with Crippen LogP contribution >= 0.6 is 15.9 Å². The molecule has 0 aliphatic heterocycles. The lowest BCUT2D eigenvalue weighted by Gasteiger charge is -2.19. The van der Waals surface area contributed by atoms with Gasteiger partial charge in [-0.3, -0.25) is 0 Å². The molecule has 1 aromatic rings. The normalized spacial score (nSPS) is 13.3. The second kappa shape index (κ2) is 8.55. The molecule has 0 fully saturated rings. The van der Waals surface area contributed by atoms with Gasteiger partial charge in [0.1, 0.15) is 11.8 Å². The Labute approximate surface area is 124 Å². The van der Waals surface area contributed by atoms with E-state index in [1.165, 1.54) is 0 Å². The van der Waals surface area contributed by atoms with E-state index in [9.17, 15) is 5.26 Å². The average molecular weight is 319 g/mol. The van der Waals surface area contributed by atoms with E-state index in [1.54, 1.807) is 0 Å². The third kappa shape index (κ3) is 4.92.